The molecular weight excluding hydrogens is 197 g/mol. The van der Waals surface area contributed by atoms with Gasteiger partial charge in [-0.15, -0.1) is 0 Å². The van der Waals surface area contributed by atoms with E-state index in [1.807, 2.05) is 13.8 Å². The van der Waals surface area contributed by atoms with Crippen LogP contribution in [0.1, 0.15) is 13.8 Å². The molecule has 14 heavy (non-hydrogen) atoms. The quantitative estimate of drug-likeness (QED) is 0.547. The van der Waals surface area contributed by atoms with Crippen LogP contribution in [0.15, 0.2) is 18.2 Å². The van der Waals surface area contributed by atoms with Gasteiger partial charge in [-0.3, -0.25) is 0 Å². The highest BCUT2D eigenvalue weighted by atomic mass is 31.2. The van der Waals surface area contributed by atoms with Crippen molar-refractivity contribution in [2.75, 3.05) is 12.3 Å². The monoisotopic (exact) mass is 210 g/mol. The van der Waals surface area contributed by atoms with Crippen LogP contribution in [-0.4, -0.2) is 20.2 Å². The van der Waals surface area contributed by atoms with E-state index < -0.39 is 13.0 Å². The number of hydrogen-bond donors (Lipinski definition) is 0. The van der Waals surface area contributed by atoms with Gasteiger partial charge < -0.3 is 4.57 Å². The van der Waals surface area contributed by atoms with Crippen molar-refractivity contribution in [1.29, 1.82) is 0 Å². The fourth-order valence-electron chi connectivity index (χ4n) is 1.42. The van der Waals surface area contributed by atoms with Crippen molar-refractivity contribution in [1.82, 2.24) is 0 Å². The minimum Gasteiger partial charge on any atom is -0.319 e. The lowest BCUT2D eigenvalue weighted by Crippen LogP contribution is -2.17. The zero-order chi connectivity index (χ0) is 10.8. The second kappa shape index (κ2) is 4.31. The predicted octanol–water partition coefficient (Wildman–Crippen LogP) is 1.65. The molecule has 0 atom stereocenters. The normalized spacial score (nSPS) is 11.6. The zero-order valence-corrected chi connectivity index (χ0v) is 9.35. The SMILES string of the molecule is [B]c1ccc(P(=O)(CC)CC)c(F)c1. The van der Waals surface area contributed by atoms with Crippen molar-refractivity contribution in [3.63, 3.8) is 0 Å². The molecule has 0 amide bonds. The molecular formula is C10H13BFOP. The van der Waals surface area contributed by atoms with E-state index >= 15 is 0 Å². The number of rotatable bonds is 3. The molecule has 1 aromatic rings. The zero-order valence-electron chi connectivity index (χ0n) is 8.46. The third-order valence-corrected chi connectivity index (χ3v) is 5.72. The minimum absolute atomic E-state index is 0.330. The Morgan fingerprint density at radius 2 is 1.93 bits per heavy atom. The molecule has 1 nitrogen and oxygen atoms in total. The molecule has 0 saturated heterocycles. The lowest BCUT2D eigenvalue weighted by atomic mass is 9.97. The van der Waals surface area contributed by atoms with Gasteiger partial charge in [-0.2, -0.15) is 0 Å². The molecule has 1 rings (SSSR count). The van der Waals surface area contributed by atoms with Crippen molar-refractivity contribution in [2.24, 2.45) is 0 Å². The summed E-state index contributed by atoms with van der Waals surface area (Å²) >= 11 is 0. The summed E-state index contributed by atoms with van der Waals surface area (Å²) in [4.78, 5) is 0. The molecule has 0 N–H and O–H groups in total. The van der Waals surface area contributed by atoms with Gasteiger partial charge in [-0.1, -0.05) is 25.4 Å². The molecule has 0 heterocycles. The van der Waals surface area contributed by atoms with Crippen molar-refractivity contribution >= 4 is 25.8 Å². The third kappa shape index (κ3) is 2.09. The molecule has 74 valence electrons. The Balaban J connectivity index is 3.25. The van der Waals surface area contributed by atoms with E-state index in [2.05, 4.69) is 0 Å². The van der Waals surface area contributed by atoms with Gasteiger partial charge in [0.1, 0.15) is 20.8 Å². The number of benzene rings is 1. The van der Waals surface area contributed by atoms with Gasteiger partial charge in [0, 0.05) is 17.6 Å². The van der Waals surface area contributed by atoms with Gasteiger partial charge >= 0.3 is 0 Å². The summed E-state index contributed by atoms with van der Waals surface area (Å²) in [6.07, 6.45) is 0.981. The lowest BCUT2D eigenvalue weighted by molar-refractivity contribution is 0.579. The molecule has 0 saturated carbocycles. The summed E-state index contributed by atoms with van der Waals surface area (Å²) < 4.78 is 25.7. The summed E-state index contributed by atoms with van der Waals surface area (Å²) in [5.74, 6) is -0.447. The lowest BCUT2D eigenvalue weighted by Gasteiger charge is -2.15. The average molecular weight is 210 g/mol. The van der Waals surface area contributed by atoms with Crippen LogP contribution in [0.5, 0.6) is 0 Å². The largest absolute Gasteiger partial charge is 0.319 e. The molecule has 0 aliphatic heterocycles. The van der Waals surface area contributed by atoms with Crippen LogP contribution in [0.4, 0.5) is 4.39 Å². The first-order valence-electron chi connectivity index (χ1n) is 4.67. The molecule has 0 aliphatic carbocycles. The Morgan fingerprint density at radius 1 is 1.36 bits per heavy atom. The fourth-order valence-corrected chi connectivity index (χ4v) is 3.35. The van der Waals surface area contributed by atoms with Crippen molar-refractivity contribution in [2.45, 2.75) is 13.8 Å². The molecule has 2 radical (unpaired) electrons. The van der Waals surface area contributed by atoms with Crippen LogP contribution in [0.3, 0.4) is 0 Å². The molecule has 0 aromatic heterocycles. The molecule has 1 aromatic carbocycles. The Morgan fingerprint density at radius 3 is 2.36 bits per heavy atom. The van der Waals surface area contributed by atoms with Gasteiger partial charge in [-0.25, -0.2) is 4.39 Å². The van der Waals surface area contributed by atoms with E-state index in [0.29, 0.717) is 23.1 Å². The van der Waals surface area contributed by atoms with E-state index in [0.717, 1.165) is 0 Å². The topological polar surface area (TPSA) is 17.1 Å². The highest BCUT2D eigenvalue weighted by molar-refractivity contribution is 7.71. The summed E-state index contributed by atoms with van der Waals surface area (Å²) in [6.45, 7) is 3.64. The van der Waals surface area contributed by atoms with Gasteiger partial charge in [0.05, 0.1) is 0 Å². The van der Waals surface area contributed by atoms with E-state index in [1.165, 1.54) is 6.07 Å². The van der Waals surface area contributed by atoms with Gasteiger partial charge in [0.25, 0.3) is 0 Å². The van der Waals surface area contributed by atoms with Crippen molar-refractivity contribution in [3.05, 3.63) is 24.0 Å². The van der Waals surface area contributed by atoms with Gasteiger partial charge in [-0.05, 0) is 12.1 Å². The highest BCUT2D eigenvalue weighted by Crippen LogP contribution is 2.43. The fraction of sp³-hybridized carbons (Fsp3) is 0.400. The van der Waals surface area contributed by atoms with E-state index in [1.54, 1.807) is 12.1 Å². The molecule has 0 fully saturated rings. The van der Waals surface area contributed by atoms with Gasteiger partial charge in [0.15, 0.2) is 0 Å². The number of hydrogen-bond acceptors (Lipinski definition) is 1. The van der Waals surface area contributed by atoms with Crippen molar-refractivity contribution in [3.8, 4) is 0 Å². The van der Waals surface area contributed by atoms with Crippen LogP contribution in [0, 0.1) is 5.82 Å². The summed E-state index contributed by atoms with van der Waals surface area (Å²) in [6, 6.07) is 4.36. The Labute approximate surface area is 85.5 Å². The first-order chi connectivity index (χ1) is 6.53. The smallest absolute Gasteiger partial charge is 0.133 e. The van der Waals surface area contributed by atoms with Crippen LogP contribution in [-0.2, 0) is 4.57 Å². The third-order valence-electron chi connectivity index (χ3n) is 2.43. The molecule has 0 spiro atoms. The van der Waals surface area contributed by atoms with Crippen LogP contribution in [0.25, 0.3) is 0 Å². The Hall–Kier alpha value is -0.555. The van der Waals surface area contributed by atoms with Crippen LogP contribution in [0.2, 0.25) is 0 Å². The average Bonchev–Trinajstić information content (AvgIpc) is 2.17. The second-order valence-electron chi connectivity index (χ2n) is 3.23. The Bertz CT molecular complexity index is 370. The van der Waals surface area contributed by atoms with Crippen molar-refractivity contribution < 1.29 is 8.96 Å². The van der Waals surface area contributed by atoms with Crippen LogP contribution >= 0.6 is 7.14 Å². The first kappa shape index (κ1) is 11.5. The maximum Gasteiger partial charge on any atom is 0.133 e. The predicted molar refractivity (Wildman–Crippen MR) is 60.1 cm³/mol. The minimum atomic E-state index is -2.52. The summed E-state index contributed by atoms with van der Waals surface area (Å²) in [5.41, 5.74) is 0.366. The first-order valence-corrected chi connectivity index (χ1v) is 6.75. The van der Waals surface area contributed by atoms with E-state index in [4.69, 9.17) is 7.85 Å². The van der Waals surface area contributed by atoms with Crippen LogP contribution < -0.4 is 10.8 Å². The maximum absolute atomic E-state index is 13.5. The summed E-state index contributed by atoms with van der Waals surface area (Å²) in [7, 11) is 2.90. The summed E-state index contributed by atoms with van der Waals surface area (Å²) in [5, 5.41) is 0.330. The van der Waals surface area contributed by atoms with E-state index in [-0.39, 0.29) is 0 Å². The molecule has 0 bridgehead atoms. The molecule has 0 unspecified atom stereocenters. The Kier molecular flexibility index (Phi) is 3.55. The molecule has 4 heteroatoms. The molecule has 0 aliphatic rings. The number of halogens is 1. The maximum atomic E-state index is 13.5. The highest BCUT2D eigenvalue weighted by Gasteiger charge is 2.23. The second-order valence-corrected chi connectivity index (χ2v) is 6.76. The standard InChI is InChI=1S/C10H13BFOP/c1-3-14(13,4-2)10-6-5-8(11)7-9(10)12/h5-7H,3-4H2,1-2H3. The van der Waals surface area contributed by atoms with E-state index in [9.17, 15) is 8.96 Å². The van der Waals surface area contributed by atoms with Gasteiger partial charge in [0.2, 0.25) is 0 Å².